The van der Waals surface area contributed by atoms with Gasteiger partial charge in [-0.05, 0) is 30.1 Å². The van der Waals surface area contributed by atoms with Gasteiger partial charge in [0, 0.05) is 0 Å². The molecule has 0 aliphatic carbocycles. The van der Waals surface area contributed by atoms with Crippen LogP contribution in [0.25, 0.3) is 0 Å². The van der Waals surface area contributed by atoms with Crippen molar-refractivity contribution < 1.29 is 0 Å². The molecule has 17 heavy (non-hydrogen) atoms. The Hall–Kier alpha value is 0. The minimum absolute atomic E-state index is 0.872. The summed E-state index contributed by atoms with van der Waals surface area (Å²) in [6, 6.07) is 0. The zero-order chi connectivity index (χ0) is 13.3. The lowest BCUT2D eigenvalue weighted by Gasteiger charge is -2.21. The highest BCUT2D eigenvalue weighted by atomic mass is 14.2. The standard InChI is InChI=1S/C17H36/c1-7-10-15(5)16(6)11-9-12-17(8-2)13-14(3)4/h14-17H,7-13H2,1-6H3. The van der Waals surface area contributed by atoms with Crippen LogP contribution in [0.2, 0.25) is 0 Å². The van der Waals surface area contributed by atoms with Crippen LogP contribution in [-0.2, 0) is 0 Å². The molecule has 0 N–H and O–H groups in total. The second-order valence-electron chi connectivity index (χ2n) is 6.58. The van der Waals surface area contributed by atoms with Crippen molar-refractivity contribution in [1.29, 1.82) is 0 Å². The Morgan fingerprint density at radius 2 is 1.35 bits per heavy atom. The number of rotatable bonds is 10. The number of hydrogen-bond acceptors (Lipinski definition) is 0. The quantitative estimate of drug-likeness (QED) is 0.420. The van der Waals surface area contributed by atoms with Crippen molar-refractivity contribution in [2.45, 2.75) is 86.5 Å². The molecule has 0 aliphatic heterocycles. The lowest BCUT2D eigenvalue weighted by atomic mass is 9.85. The van der Waals surface area contributed by atoms with Crippen molar-refractivity contribution >= 4 is 0 Å². The van der Waals surface area contributed by atoms with Gasteiger partial charge in [-0.25, -0.2) is 0 Å². The fraction of sp³-hybridized carbons (Fsp3) is 1.00. The van der Waals surface area contributed by atoms with E-state index in [-0.39, 0.29) is 0 Å². The third-order valence-corrected chi connectivity index (χ3v) is 4.37. The first-order chi connectivity index (χ1) is 8.01. The monoisotopic (exact) mass is 240 g/mol. The van der Waals surface area contributed by atoms with Crippen molar-refractivity contribution in [3.8, 4) is 0 Å². The van der Waals surface area contributed by atoms with Gasteiger partial charge in [-0.1, -0.05) is 80.1 Å². The van der Waals surface area contributed by atoms with E-state index in [1.165, 1.54) is 44.9 Å². The Balaban J connectivity index is 3.72. The van der Waals surface area contributed by atoms with Crippen LogP contribution in [0.1, 0.15) is 86.5 Å². The van der Waals surface area contributed by atoms with Crippen molar-refractivity contribution in [1.82, 2.24) is 0 Å². The third-order valence-electron chi connectivity index (χ3n) is 4.37. The molecule has 0 amide bonds. The van der Waals surface area contributed by atoms with Crippen LogP contribution >= 0.6 is 0 Å². The van der Waals surface area contributed by atoms with Crippen LogP contribution in [0, 0.1) is 23.7 Å². The van der Waals surface area contributed by atoms with Crippen molar-refractivity contribution in [2.24, 2.45) is 23.7 Å². The topological polar surface area (TPSA) is 0 Å². The average Bonchev–Trinajstić information content (AvgIpc) is 2.27. The molecule has 0 radical (unpaired) electrons. The molecule has 0 aromatic carbocycles. The molecule has 0 fully saturated rings. The predicted molar refractivity (Wildman–Crippen MR) is 80.3 cm³/mol. The maximum atomic E-state index is 2.45. The summed E-state index contributed by atoms with van der Waals surface area (Å²) in [4.78, 5) is 0. The smallest absolute Gasteiger partial charge is 0.0414 e. The number of hydrogen-bond donors (Lipinski definition) is 0. The summed E-state index contributed by atoms with van der Waals surface area (Å²) in [6.45, 7) is 14.3. The Labute approximate surface area is 111 Å². The fourth-order valence-corrected chi connectivity index (χ4v) is 2.91. The van der Waals surface area contributed by atoms with Crippen LogP contribution in [0.3, 0.4) is 0 Å². The first-order valence-electron chi connectivity index (χ1n) is 8.01. The van der Waals surface area contributed by atoms with Crippen LogP contribution in [-0.4, -0.2) is 0 Å². The van der Waals surface area contributed by atoms with E-state index in [2.05, 4.69) is 41.5 Å². The molecule has 0 heteroatoms. The van der Waals surface area contributed by atoms with Gasteiger partial charge in [0.1, 0.15) is 0 Å². The largest absolute Gasteiger partial charge is 0.0654 e. The van der Waals surface area contributed by atoms with E-state index in [1.807, 2.05) is 0 Å². The summed E-state index contributed by atoms with van der Waals surface area (Å²) in [7, 11) is 0. The van der Waals surface area contributed by atoms with Gasteiger partial charge in [0.05, 0.1) is 0 Å². The van der Waals surface area contributed by atoms with E-state index in [9.17, 15) is 0 Å². The summed E-state index contributed by atoms with van der Waals surface area (Å²) in [5, 5.41) is 0. The molecule has 0 saturated carbocycles. The van der Waals surface area contributed by atoms with E-state index in [4.69, 9.17) is 0 Å². The highest BCUT2D eigenvalue weighted by Crippen LogP contribution is 2.26. The second kappa shape index (κ2) is 9.97. The van der Waals surface area contributed by atoms with Crippen LogP contribution in [0.4, 0.5) is 0 Å². The first-order valence-corrected chi connectivity index (χ1v) is 8.01. The molecular formula is C17H36. The SMILES string of the molecule is CCCC(C)C(C)CCCC(CC)CC(C)C. The molecule has 0 heterocycles. The maximum Gasteiger partial charge on any atom is -0.0414 e. The van der Waals surface area contributed by atoms with Crippen LogP contribution < -0.4 is 0 Å². The Morgan fingerprint density at radius 3 is 1.82 bits per heavy atom. The highest BCUT2D eigenvalue weighted by Gasteiger charge is 2.13. The first kappa shape index (κ1) is 17.0. The van der Waals surface area contributed by atoms with E-state index in [0.717, 1.165) is 23.7 Å². The molecule has 3 unspecified atom stereocenters. The van der Waals surface area contributed by atoms with Gasteiger partial charge in [0.15, 0.2) is 0 Å². The van der Waals surface area contributed by atoms with Gasteiger partial charge in [-0.2, -0.15) is 0 Å². The molecule has 104 valence electrons. The van der Waals surface area contributed by atoms with Crippen LogP contribution in [0.15, 0.2) is 0 Å². The maximum absolute atomic E-state index is 2.45. The zero-order valence-corrected chi connectivity index (χ0v) is 13.3. The van der Waals surface area contributed by atoms with Crippen molar-refractivity contribution in [2.75, 3.05) is 0 Å². The molecule has 0 saturated heterocycles. The van der Waals surface area contributed by atoms with E-state index in [1.54, 1.807) is 0 Å². The predicted octanol–water partition coefficient (Wildman–Crippen LogP) is 6.30. The molecule has 0 aromatic heterocycles. The highest BCUT2D eigenvalue weighted by molar-refractivity contribution is 4.65. The van der Waals surface area contributed by atoms with Gasteiger partial charge in [0.2, 0.25) is 0 Å². The van der Waals surface area contributed by atoms with Crippen LogP contribution in [0.5, 0.6) is 0 Å². The van der Waals surface area contributed by atoms with Gasteiger partial charge in [-0.3, -0.25) is 0 Å². The molecule has 3 atom stereocenters. The van der Waals surface area contributed by atoms with Gasteiger partial charge in [0.25, 0.3) is 0 Å². The molecule has 0 rings (SSSR count). The Bertz CT molecular complexity index is 159. The van der Waals surface area contributed by atoms with E-state index >= 15 is 0 Å². The van der Waals surface area contributed by atoms with Gasteiger partial charge >= 0.3 is 0 Å². The van der Waals surface area contributed by atoms with Gasteiger partial charge in [-0.15, -0.1) is 0 Å². The Morgan fingerprint density at radius 1 is 0.765 bits per heavy atom. The van der Waals surface area contributed by atoms with Crippen molar-refractivity contribution in [3.63, 3.8) is 0 Å². The molecule has 0 spiro atoms. The van der Waals surface area contributed by atoms with Gasteiger partial charge < -0.3 is 0 Å². The lowest BCUT2D eigenvalue weighted by Crippen LogP contribution is -2.09. The molecular weight excluding hydrogens is 204 g/mol. The Kier molecular flexibility index (Phi) is 9.97. The molecule has 0 bridgehead atoms. The molecule has 0 aromatic rings. The minimum atomic E-state index is 0.872. The summed E-state index contributed by atoms with van der Waals surface area (Å²) < 4.78 is 0. The molecule has 0 nitrogen and oxygen atoms in total. The van der Waals surface area contributed by atoms with E-state index < -0.39 is 0 Å². The minimum Gasteiger partial charge on any atom is -0.0654 e. The second-order valence-corrected chi connectivity index (χ2v) is 6.58. The normalized spacial score (nSPS) is 17.1. The average molecular weight is 240 g/mol. The lowest BCUT2D eigenvalue weighted by molar-refractivity contribution is 0.304. The van der Waals surface area contributed by atoms with E-state index in [0.29, 0.717) is 0 Å². The summed E-state index contributed by atoms with van der Waals surface area (Å²) in [5.74, 6) is 3.69. The summed E-state index contributed by atoms with van der Waals surface area (Å²) in [5.41, 5.74) is 0. The zero-order valence-electron chi connectivity index (χ0n) is 13.3. The van der Waals surface area contributed by atoms with Crippen molar-refractivity contribution in [3.05, 3.63) is 0 Å². The molecule has 0 aliphatic rings. The third kappa shape index (κ3) is 8.69. The fourth-order valence-electron chi connectivity index (χ4n) is 2.91. The summed E-state index contributed by atoms with van der Waals surface area (Å²) in [6.07, 6.45) is 9.89. The summed E-state index contributed by atoms with van der Waals surface area (Å²) >= 11 is 0.